The van der Waals surface area contributed by atoms with Crippen molar-refractivity contribution in [1.29, 1.82) is 5.26 Å². The average molecular weight is 415 g/mol. The summed E-state index contributed by atoms with van der Waals surface area (Å²) >= 11 is 3.48. The molecular formula is C20H19BrN2O3. The van der Waals surface area contributed by atoms with Crippen LogP contribution in [-0.4, -0.2) is 19.4 Å². The van der Waals surface area contributed by atoms with Gasteiger partial charge in [-0.05, 0) is 41.1 Å². The molecule has 2 aromatic carbocycles. The van der Waals surface area contributed by atoms with Crippen LogP contribution < -0.4 is 9.47 Å². The first-order chi connectivity index (χ1) is 12.7. The predicted molar refractivity (Wildman–Crippen MR) is 105 cm³/mol. The van der Waals surface area contributed by atoms with Crippen LogP contribution >= 0.6 is 15.9 Å². The van der Waals surface area contributed by atoms with Gasteiger partial charge >= 0.3 is 0 Å². The van der Waals surface area contributed by atoms with Crippen LogP contribution in [0.15, 0.2) is 58.7 Å². The molecule has 0 heterocycles. The topological polar surface area (TPSA) is 63.8 Å². The van der Waals surface area contributed by atoms with Crippen LogP contribution in [0.25, 0.3) is 0 Å². The number of ether oxygens (including phenoxy) is 2. The maximum Gasteiger partial charge on any atom is 0.175 e. The Balaban J connectivity index is 2.09. The van der Waals surface area contributed by atoms with Gasteiger partial charge in [0.05, 0.1) is 28.9 Å². The molecule has 0 aliphatic heterocycles. The molecule has 0 fully saturated rings. The Labute approximate surface area is 161 Å². The van der Waals surface area contributed by atoms with Crippen molar-refractivity contribution >= 4 is 22.1 Å². The Morgan fingerprint density at radius 2 is 2.08 bits per heavy atom. The summed E-state index contributed by atoms with van der Waals surface area (Å²) < 4.78 is 12.0. The number of halogens is 1. The number of nitrogens with zero attached hydrogens (tertiary/aromatic N) is 2. The number of oxime groups is 1. The zero-order valence-corrected chi connectivity index (χ0v) is 16.0. The van der Waals surface area contributed by atoms with Crippen LogP contribution in [0.5, 0.6) is 11.5 Å². The normalized spacial score (nSPS) is 10.3. The van der Waals surface area contributed by atoms with E-state index in [0.717, 1.165) is 15.6 Å². The minimum absolute atomic E-state index is 0.222. The summed E-state index contributed by atoms with van der Waals surface area (Å²) in [5, 5.41) is 13.0. The fraction of sp³-hybridized carbons (Fsp3) is 0.200. The van der Waals surface area contributed by atoms with Crippen LogP contribution in [0, 0.1) is 11.3 Å². The van der Waals surface area contributed by atoms with Crippen LogP contribution in [-0.2, 0) is 11.4 Å². The van der Waals surface area contributed by atoms with Crippen molar-refractivity contribution in [1.82, 2.24) is 0 Å². The second-order valence-electron chi connectivity index (χ2n) is 5.14. The van der Waals surface area contributed by atoms with E-state index in [1.54, 1.807) is 18.4 Å². The first-order valence-corrected chi connectivity index (χ1v) is 8.82. The fourth-order valence-corrected chi connectivity index (χ4v) is 2.74. The Morgan fingerprint density at radius 1 is 1.27 bits per heavy atom. The number of nitriles is 1. The van der Waals surface area contributed by atoms with Gasteiger partial charge in [0.15, 0.2) is 11.5 Å². The van der Waals surface area contributed by atoms with E-state index >= 15 is 0 Å². The van der Waals surface area contributed by atoms with Gasteiger partial charge in [-0.25, -0.2) is 0 Å². The average Bonchev–Trinajstić information content (AvgIpc) is 2.65. The first-order valence-electron chi connectivity index (χ1n) is 8.03. The summed E-state index contributed by atoms with van der Waals surface area (Å²) in [5.41, 5.74) is 2.16. The second-order valence-corrected chi connectivity index (χ2v) is 5.99. The van der Waals surface area contributed by atoms with Crippen molar-refractivity contribution in [3.05, 3.63) is 70.2 Å². The number of hydrogen-bond acceptors (Lipinski definition) is 5. The van der Waals surface area contributed by atoms with Gasteiger partial charge in [-0.2, -0.15) is 5.26 Å². The van der Waals surface area contributed by atoms with Crippen molar-refractivity contribution < 1.29 is 14.3 Å². The van der Waals surface area contributed by atoms with Gasteiger partial charge in [-0.15, -0.1) is 0 Å². The number of hydrogen-bond donors (Lipinski definition) is 0. The van der Waals surface area contributed by atoms with Crippen LogP contribution in [0.4, 0.5) is 0 Å². The highest BCUT2D eigenvalue weighted by molar-refractivity contribution is 9.10. The first kappa shape index (κ1) is 19.5. The zero-order valence-electron chi connectivity index (χ0n) is 14.4. The molecular weight excluding hydrogens is 396 g/mol. The lowest BCUT2D eigenvalue weighted by molar-refractivity contribution is 0.132. The van der Waals surface area contributed by atoms with Crippen molar-refractivity contribution in [2.75, 3.05) is 13.2 Å². The van der Waals surface area contributed by atoms with Gasteiger partial charge < -0.3 is 14.3 Å². The van der Waals surface area contributed by atoms with Crippen LogP contribution in [0.2, 0.25) is 0 Å². The van der Waals surface area contributed by atoms with Gasteiger partial charge in [-0.3, -0.25) is 0 Å². The molecule has 2 aromatic rings. The molecule has 0 saturated carbocycles. The Hall–Kier alpha value is -2.78. The molecule has 6 heteroatoms. The lowest BCUT2D eigenvalue weighted by Gasteiger charge is -2.13. The summed E-state index contributed by atoms with van der Waals surface area (Å²) in [6.07, 6.45) is 3.25. The predicted octanol–water partition coefficient (Wildman–Crippen LogP) is 4.83. The third-order valence-corrected chi connectivity index (χ3v) is 3.90. The third kappa shape index (κ3) is 5.36. The number of rotatable bonds is 9. The highest BCUT2D eigenvalue weighted by atomic mass is 79.9. The van der Waals surface area contributed by atoms with Gasteiger partial charge in [0, 0.05) is 11.1 Å². The van der Waals surface area contributed by atoms with E-state index in [-0.39, 0.29) is 6.61 Å². The Kier molecular flexibility index (Phi) is 7.72. The lowest BCUT2D eigenvalue weighted by Crippen LogP contribution is -2.01. The largest absolute Gasteiger partial charge is 0.490 e. The lowest BCUT2D eigenvalue weighted by atomic mass is 10.1. The summed E-state index contributed by atoms with van der Waals surface area (Å²) in [5.74, 6) is 1.23. The van der Waals surface area contributed by atoms with Crippen molar-refractivity contribution in [2.45, 2.75) is 13.5 Å². The summed E-state index contributed by atoms with van der Waals surface area (Å²) in [4.78, 5) is 5.32. The van der Waals surface area contributed by atoms with Crippen LogP contribution in [0.1, 0.15) is 23.6 Å². The zero-order chi connectivity index (χ0) is 18.8. The highest BCUT2D eigenvalue weighted by Crippen LogP contribution is 2.36. The fourth-order valence-electron chi connectivity index (χ4n) is 2.17. The van der Waals surface area contributed by atoms with E-state index in [9.17, 15) is 0 Å². The Bertz CT molecular complexity index is 828. The van der Waals surface area contributed by atoms with E-state index < -0.39 is 0 Å². The third-order valence-electron chi connectivity index (χ3n) is 3.31. The standard InChI is InChI=1S/C20H19BrN2O3/c1-3-9-25-20-18(21)10-15(11-19(20)24-4-2)13-23-26-14-17-8-6-5-7-16(17)12-22/h3,5-8,10-11,13H,1,4,9,14H2,2H3/b23-13-. The molecule has 134 valence electrons. The molecule has 0 N–H and O–H groups in total. The second kappa shape index (κ2) is 10.3. The van der Waals surface area contributed by atoms with E-state index in [1.165, 1.54) is 0 Å². The minimum Gasteiger partial charge on any atom is -0.490 e. The quantitative estimate of drug-likeness (QED) is 0.334. The van der Waals surface area contributed by atoms with E-state index in [2.05, 4.69) is 33.7 Å². The van der Waals surface area contributed by atoms with Crippen molar-refractivity contribution in [3.63, 3.8) is 0 Å². The molecule has 5 nitrogen and oxygen atoms in total. The molecule has 26 heavy (non-hydrogen) atoms. The molecule has 0 radical (unpaired) electrons. The Morgan fingerprint density at radius 3 is 2.81 bits per heavy atom. The van der Waals surface area contributed by atoms with E-state index in [0.29, 0.717) is 30.3 Å². The summed E-state index contributed by atoms with van der Waals surface area (Å²) in [7, 11) is 0. The van der Waals surface area contributed by atoms with Crippen molar-refractivity contribution in [2.24, 2.45) is 5.16 Å². The smallest absolute Gasteiger partial charge is 0.175 e. The van der Waals surface area contributed by atoms with Crippen molar-refractivity contribution in [3.8, 4) is 17.6 Å². The van der Waals surface area contributed by atoms with Gasteiger partial charge in [0.1, 0.15) is 13.2 Å². The molecule has 0 spiro atoms. The minimum atomic E-state index is 0.222. The molecule has 0 bridgehead atoms. The van der Waals surface area contributed by atoms with E-state index in [4.69, 9.17) is 19.6 Å². The monoisotopic (exact) mass is 414 g/mol. The molecule has 0 atom stereocenters. The van der Waals surface area contributed by atoms with Gasteiger partial charge in [-0.1, -0.05) is 36.0 Å². The highest BCUT2D eigenvalue weighted by Gasteiger charge is 2.11. The molecule has 2 rings (SSSR count). The number of benzene rings is 2. The maximum atomic E-state index is 9.07. The van der Waals surface area contributed by atoms with E-state index in [1.807, 2.05) is 37.3 Å². The molecule has 0 aliphatic carbocycles. The maximum absolute atomic E-state index is 9.07. The molecule has 0 aromatic heterocycles. The molecule has 0 aliphatic rings. The molecule has 0 saturated heterocycles. The van der Waals surface area contributed by atoms with Gasteiger partial charge in [0.2, 0.25) is 0 Å². The summed E-state index contributed by atoms with van der Waals surface area (Å²) in [6, 6.07) is 13.1. The molecule has 0 amide bonds. The van der Waals surface area contributed by atoms with Crippen LogP contribution in [0.3, 0.4) is 0 Å². The SMILES string of the molecule is C=CCOc1c(Br)cc(/C=N\OCc2ccccc2C#N)cc1OCC. The van der Waals surface area contributed by atoms with Gasteiger partial charge in [0.25, 0.3) is 0 Å². The molecule has 0 unspecified atom stereocenters. The summed E-state index contributed by atoms with van der Waals surface area (Å²) in [6.45, 7) is 6.67.